The van der Waals surface area contributed by atoms with E-state index in [4.69, 9.17) is 11.6 Å². The lowest BCUT2D eigenvalue weighted by molar-refractivity contribution is -0.139. The Labute approximate surface area is 220 Å². The third-order valence-corrected chi connectivity index (χ3v) is 8.10. The molecule has 10 heteroatoms. The summed E-state index contributed by atoms with van der Waals surface area (Å²) in [5, 5.41) is 3.42. The van der Waals surface area contributed by atoms with Gasteiger partial charge in [0.15, 0.2) is 0 Å². The second-order valence-corrected chi connectivity index (χ2v) is 11.7. The molecule has 2 aromatic carbocycles. The normalized spacial score (nSPS) is 13.2. The Kier molecular flexibility index (Phi) is 10.3. The van der Waals surface area contributed by atoms with Gasteiger partial charge in [0, 0.05) is 31.7 Å². The van der Waals surface area contributed by atoms with Gasteiger partial charge in [0.25, 0.3) is 0 Å². The smallest absolute Gasteiger partial charge is 0.304 e. The van der Waals surface area contributed by atoms with Crippen molar-refractivity contribution in [3.8, 4) is 0 Å². The van der Waals surface area contributed by atoms with Gasteiger partial charge >= 0.3 is 10.2 Å². The molecule has 0 bridgehead atoms. The number of nitrogens with zero attached hydrogens (tertiary/aromatic N) is 3. The number of carbonyl (C=O) groups excluding carboxylic acids is 2. The largest absolute Gasteiger partial charge is 0.352 e. The number of anilines is 1. The lowest BCUT2D eigenvalue weighted by atomic mass is 10.1. The minimum Gasteiger partial charge on any atom is -0.352 e. The van der Waals surface area contributed by atoms with Crippen LogP contribution in [0.4, 0.5) is 5.69 Å². The van der Waals surface area contributed by atoms with Crippen LogP contribution in [0.3, 0.4) is 0 Å². The number of carbonyl (C=O) groups is 2. The molecule has 0 aliphatic carbocycles. The summed E-state index contributed by atoms with van der Waals surface area (Å²) < 4.78 is 28.8. The van der Waals surface area contributed by atoms with Crippen LogP contribution >= 0.6 is 11.6 Å². The lowest BCUT2D eigenvalue weighted by Gasteiger charge is -2.33. The standard InChI is InChI=1S/C26H37ClN4O4S/c1-8-20(4)28-26(33)21(5)30(16-22-10-9-11-23(27)15-22)25(32)17-31(36(34,35)29(6)7)24-14-18(2)12-13-19(24)3/h9-15,20-21H,8,16-17H2,1-7H3,(H,28,33)/t20-,21-/m0/s1. The highest BCUT2D eigenvalue weighted by atomic mass is 35.5. The van der Waals surface area contributed by atoms with E-state index in [1.165, 1.54) is 19.0 Å². The Morgan fingerprint density at radius 3 is 2.31 bits per heavy atom. The molecule has 2 rings (SSSR count). The fourth-order valence-electron chi connectivity index (χ4n) is 3.57. The van der Waals surface area contributed by atoms with Crippen LogP contribution in [0.5, 0.6) is 0 Å². The number of nitrogens with one attached hydrogen (secondary N) is 1. The maximum Gasteiger partial charge on any atom is 0.304 e. The Morgan fingerprint density at radius 2 is 1.72 bits per heavy atom. The molecule has 1 N–H and O–H groups in total. The number of hydrogen-bond acceptors (Lipinski definition) is 4. The van der Waals surface area contributed by atoms with E-state index < -0.39 is 28.7 Å². The van der Waals surface area contributed by atoms with Gasteiger partial charge in [0.05, 0.1) is 5.69 Å². The van der Waals surface area contributed by atoms with Crippen LogP contribution in [0.2, 0.25) is 5.02 Å². The van der Waals surface area contributed by atoms with Crippen molar-refractivity contribution in [2.45, 2.75) is 59.7 Å². The van der Waals surface area contributed by atoms with Crippen LogP contribution in [0.1, 0.15) is 43.9 Å². The molecule has 2 aromatic rings. The van der Waals surface area contributed by atoms with Crippen molar-refractivity contribution in [3.63, 3.8) is 0 Å². The van der Waals surface area contributed by atoms with Crippen molar-refractivity contribution in [1.29, 1.82) is 0 Å². The van der Waals surface area contributed by atoms with Crippen molar-refractivity contribution in [2.75, 3.05) is 24.9 Å². The maximum absolute atomic E-state index is 13.8. The topological polar surface area (TPSA) is 90.0 Å². The van der Waals surface area contributed by atoms with Gasteiger partial charge in [0.2, 0.25) is 11.8 Å². The van der Waals surface area contributed by atoms with Crippen LogP contribution < -0.4 is 9.62 Å². The SMILES string of the molecule is CC[C@H](C)NC(=O)[C@H](C)N(Cc1cccc(Cl)c1)C(=O)CN(c1cc(C)ccc1C)S(=O)(=O)N(C)C. The monoisotopic (exact) mass is 536 g/mol. The quantitative estimate of drug-likeness (QED) is 0.471. The van der Waals surface area contributed by atoms with E-state index in [2.05, 4.69) is 5.32 Å². The van der Waals surface area contributed by atoms with Gasteiger partial charge in [-0.2, -0.15) is 12.7 Å². The van der Waals surface area contributed by atoms with Gasteiger partial charge in [-0.25, -0.2) is 4.31 Å². The maximum atomic E-state index is 13.8. The predicted molar refractivity (Wildman–Crippen MR) is 145 cm³/mol. The van der Waals surface area contributed by atoms with E-state index in [0.29, 0.717) is 16.3 Å². The molecule has 2 amide bonds. The van der Waals surface area contributed by atoms with Gasteiger partial charge in [-0.3, -0.25) is 9.59 Å². The summed E-state index contributed by atoms with van der Waals surface area (Å²) in [5.41, 5.74) is 2.71. The summed E-state index contributed by atoms with van der Waals surface area (Å²) in [6, 6.07) is 11.6. The zero-order valence-electron chi connectivity index (χ0n) is 22.1. The van der Waals surface area contributed by atoms with Crippen LogP contribution in [-0.4, -0.2) is 62.2 Å². The molecule has 0 saturated heterocycles. The zero-order chi connectivity index (χ0) is 27.2. The van der Waals surface area contributed by atoms with Crippen molar-refractivity contribution >= 4 is 39.3 Å². The molecule has 0 aromatic heterocycles. The van der Waals surface area contributed by atoms with Crippen molar-refractivity contribution in [1.82, 2.24) is 14.5 Å². The van der Waals surface area contributed by atoms with Crippen LogP contribution in [-0.2, 0) is 26.3 Å². The molecule has 36 heavy (non-hydrogen) atoms. The van der Waals surface area contributed by atoms with Crippen molar-refractivity contribution in [3.05, 3.63) is 64.2 Å². The van der Waals surface area contributed by atoms with Gasteiger partial charge in [-0.15, -0.1) is 0 Å². The highest BCUT2D eigenvalue weighted by Gasteiger charge is 2.33. The second kappa shape index (κ2) is 12.6. The minimum atomic E-state index is -4.01. The molecule has 0 heterocycles. The zero-order valence-corrected chi connectivity index (χ0v) is 23.7. The Hall–Kier alpha value is -2.62. The second-order valence-electron chi connectivity index (χ2n) is 9.23. The summed E-state index contributed by atoms with van der Waals surface area (Å²) in [6.07, 6.45) is 0.738. The molecule has 0 spiro atoms. The molecule has 0 radical (unpaired) electrons. The van der Waals surface area contributed by atoms with Gasteiger partial charge in [-0.1, -0.05) is 42.8 Å². The number of benzene rings is 2. The van der Waals surface area contributed by atoms with Crippen LogP contribution in [0, 0.1) is 13.8 Å². The minimum absolute atomic E-state index is 0.0661. The first kappa shape index (κ1) is 29.6. The van der Waals surface area contributed by atoms with Crippen molar-refractivity contribution < 1.29 is 18.0 Å². The molecular formula is C26H37ClN4O4S. The molecule has 0 aliphatic rings. The van der Waals surface area contributed by atoms with E-state index in [1.807, 2.05) is 39.0 Å². The Balaban J connectivity index is 2.51. The van der Waals surface area contributed by atoms with E-state index in [-0.39, 0.29) is 18.5 Å². The van der Waals surface area contributed by atoms with E-state index in [1.54, 1.807) is 38.1 Å². The molecule has 198 valence electrons. The van der Waals surface area contributed by atoms with Crippen LogP contribution in [0.15, 0.2) is 42.5 Å². The Morgan fingerprint density at radius 1 is 1.06 bits per heavy atom. The molecule has 0 fully saturated rings. The summed E-state index contributed by atoms with van der Waals surface area (Å²) >= 11 is 6.15. The first-order valence-corrected chi connectivity index (χ1v) is 13.7. The summed E-state index contributed by atoms with van der Waals surface area (Å²) in [5.74, 6) is -0.818. The summed E-state index contributed by atoms with van der Waals surface area (Å²) in [4.78, 5) is 28.2. The molecule has 2 atom stereocenters. The van der Waals surface area contributed by atoms with E-state index in [0.717, 1.165) is 26.2 Å². The molecule has 0 saturated carbocycles. The Bertz CT molecular complexity index is 1190. The predicted octanol–water partition coefficient (Wildman–Crippen LogP) is 3.90. The average molecular weight is 537 g/mol. The summed E-state index contributed by atoms with van der Waals surface area (Å²) in [6.45, 7) is 8.77. The third kappa shape index (κ3) is 7.44. The molecular weight excluding hydrogens is 500 g/mol. The van der Waals surface area contributed by atoms with E-state index >= 15 is 0 Å². The number of rotatable bonds is 11. The van der Waals surface area contributed by atoms with Gasteiger partial charge < -0.3 is 10.2 Å². The summed E-state index contributed by atoms with van der Waals surface area (Å²) in [7, 11) is -1.17. The van der Waals surface area contributed by atoms with E-state index in [9.17, 15) is 18.0 Å². The fraction of sp³-hybridized carbons (Fsp3) is 0.462. The fourth-order valence-corrected chi connectivity index (χ4v) is 4.90. The first-order chi connectivity index (χ1) is 16.8. The molecule has 0 aliphatic heterocycles. The average Bonchev–Trinajstić information content (AvgIpc) is 2.81. The number of aryl methyl sites for hydroxylation is 2. The molecule has 8 nitrogen and oxygen atoms in total. The molecule has 0 unspecified atom stereocenters. The number of halogens is 1. The van der Waals surface area contributed by atoms with Gasteiger partial charge in [-0.05, 0) is 69.0 Å². The first-order valence-electron chi connectivity index (χ1n) is 11.9. The highest BCUT2D eigenvalue weighted by molar-refractivity contribution is 7.90. The van der Waals surface area contributed by atoms with Crippen LogP contribution in [0.25, 0.3) is 0 Å². The van der Waals surface area contributed by atoms with Gasteiger partial charge in [0.1, 0.15) is 12.6 Å². The lowest BCUT2D eigenvalue weighted by Crippen LogP contribution is -2.53. The third-order valence-electron chi connectivity index (χ3n) is 6.06. The number of hydrogen-bond donors (Lipinski definition) is 1. The highest BCUT2D eigenvalue weighted by Crippen LogP contribution is 2.26. The number of amides is 2. The van der Waals surface area contributed by atoms with Crippen molar-refractivity contribution in [2.24, 2.45) is 0 Å².